The number of benzene rings is 1. The molecule has 2 aromatic heterocycles. The van der Waals surface area contributed by atoms with E-state index >= 15 is 0 Å². The number of aromatic nitrogens is 4. The normalized spacial score (nSPS) is 17.9. The third-order valence-corrected chi connectivity index (χ3v) is 5.83. The van der Waals surface area contributed by atoms with Crippen molar-refractivity contribution in [3.8, 4) is 0 Å². The van der Waals surface area contributed by atoms with Crippen LogP contribution in [0.5, 0.6) is 0 Å². The van der Waals surface area contributed by atoms with Crippen LogP contribution in [0.1, 0.15) is 24.0 Å². The van der Waals surface area contributed by atoms with Crippen molar-refractivity contribution < 1.29 is 13.9 Å². The Morgan fingerprint density at radius 3 is 3.00 bits per heavy atom. The summed E-state index contributed by atoms with van der Waals surface area (Å²) in [5.41, 5.74) is 3.70. The minimum Gasteiger partial charge on any atom is -0.380 e. The highest BCUT2D eigenvalue weighted by Crippen LogP contribution is 2.25. The first-order valence-corrected chi connectivity index (χ1v) is 11.3. The number of halogens is 1. The van der Waals surface area contributed by atoms with Gasteiger partial charge in [-0.1, -0.05) is 18.7 Å². The number of hydrogen-bond acceptors (Lipinski definition) is 7. The second-order valence-electron chi connectivity index (χ2n) is 8.32. The Hall–Kier alpha value is -3.79. The van der Waals surface area contributed by atoms with Gasteiger partial charge in [0, 0.05) is 37.5 Å². The Kier molecular flexibility index (Phi) is 6.22. The molecule has 2 saturated heterocycles. The number of carbonyl (C=O) groups excluding carboxylic acids is 1. The summed E-state index contributed by atoms with van der Waals surface area (Å²) in [6.07, 6.45) is 5.39. The topological polar surface area (TPSA) is 96.7 Å². The van der Waals surface area contributed by atoms with E-state index in [1.165, 1.54) is 12.1 Å². The highest BCUT2D eigenvalue weighted by Gasteiger charge is 2.21. The van der Waals surface area contributed by atoms with Crippen LogP contribution in [0.2, 0.25) is 0 Å². The molecule has 0 unspecified atom stereocenters. The summed E-state index contributed by atoms with van der Waals surface area (Å²) in [7, 11) is 0. The van der Waals surface area contributed by atoms with E-state index in [0.29, 0.717) is 56.0 Å². The van der Waals surface area contributed by atoms with Crippen molar-refractivity contribution in [1.82, 2.24) is 24.9 Å². The zero-order valence-corrected chi connectivity index (χ0v) is 18.8. The highest BCUT2D eigenvalue weighted by molar-refractivity contribution is 5.89. The van der Waals surface area contributed by atoms with Crippen LogP contribution < -0.4 is 15.5 Å². The van der Waals surface area contributed by atoms with Gasteiger partial charge in [0.2, 0.25) is 17.8 Å². The van der Waals surface area contributed by atoms with Crippen LogP contribution in [0.4, 0.5) is 16.3 Å². The SMILES string of the molecule is C=C1NC(=O)C/C1=C\c1cnn2c(NCCc3cccc(F)c3)nc(N3CCCOCC3)nc12. The largest absolute Gasteiger partial charge is 0.380 e. The number of carbonyl (C=O) groups is 1. The number of hydrogen-bond donors (Lipinski definition) is 2. The van der Waals surface area contributed by atoms with Crippen LogP contribution in [-0.2, 0) is 16.0 Å². The van der Waals surface area contributed by atoms with Gasteiger partial charge in [0.1, 0.15) is 5.82 Å². The average molecular weight is 464 g/mol. The lowest BCUT2D eigenvalue weighted by molar-refractivity contribution is -0.118. The maximum atomic E-state index is 13.5. The van der Waals surface area contributed by atoms with Crippen molar-refractivity contribution in [3.05, 3.63) is 65.3 Å². The van der Waals surface area contributed by atoms with Crippen molar-refractivity contribution in [1.29, 1.82) is 0 Å². The van der Waals surface area contributed by atoms with Crippen LogP contribution in [-0.4, -0.2) is 58.3 Å². The van der Waals surface area contributed by atoms with E-state index in [0.717, 1.165) is 29.7 Å². The molecule has 3 aromatic rings. The fourth-order valence-electron chi connectivity index (χ4n) is 4.10. The fourth-order valence-corrected chi connectivity index (χ4v) is 4.10. The van der Waals surface area contributed by atoms with E-state index in [2.05, 4.69) is 27.2 Å². The molecule has 176 valence electrons. The molecular formula is C24H26FN7O2. The molecule has 2 fully saturated rings. The lowest BCUT2D eigenvalue weighted by atomic mass is 10.1. The summed E-state index contributed by atoms with van der Waals surface area (Å²) < 4.78 is 20.8. The molecule has 0 atom stereocenters. The number of anilines is 2. The van der Waals surface area contributed by atoms with Crippen LogP contribution in [0.3, 0.4) is 0 Å². The summed E-state index contributed by atoms with van der Waals surface area (Å²) in [5.74, 6) is 0.808. The predicted octanol–water partition coefficient (Wildman–Crippen LogP) is 2.56. The fraction of sp³-hybridized carbons (Fsp3) is 0.333. The van der Waals surface area contributed by atoms with Crippen LogP contribution in [0, 0.1) is 5.82 Å². The third kappa shape index (κ3) is 4.76. The molecule has 0 spiro atoms. The summed E-state index contributed by atoms with van der Waals surface area (Å²) in [6.45, 7) is 7.27. The predicted molar refractivity (Wildman–Crippen MR) is 127 cm³/mol. The first-order chi connectivity index (χ1) is 16.6. The standard InChI is InChI=1S/C24H26FN7O2/c1-16-18(14-21(33)28-16)13-19-15-27-32-22(19)29-24(31-8-3-10-34-11-9-31)30-23(32)26-7-6-17-4-2-5-20(25)12-17/h2,4-5,12-13,15H,1,3,6-11,14H2,(H,28,33)(H,26,29,30)/b18-13+. The number of allylic oxidation sites excluding steroid dienone is 1. The Bertz CT molecular complexity index is 1260. The van der Waals surface area contributed by atoms with Crippen LogP contribution >= 0.6 is 0 Å². The second kappa shape index (κ2) is 9.60. The second-order valence-corrected chi connectivity index (χ2v) is 8.32. The lowest BCUT2D eigenvalue weighted by Gasteiger charge is -2.20. The summed E-state index contributed by atoms with van der Waals surface area (Å²) >= 11 is 0. The van der Waals surface area contributed by atoms with Crippen molar-refractivity contribution in [2.75, 3.05) is 43.1 Å². The number of ether oxygens (including phenoxy) is 1. The first-order valence-electron chi connectivity index (χ1n) is 11.3. The quantitative estimate of drug-likeness (QED) is 0.580. The summed E-state index contributed by atoms with van der Waals surface area (Å²) in [6, 6.07) is 6.56. The number of nitrogens with zero attached hydrogens (tertiary/aromatic N) is 5. The van der Waals surface area contributed by atoms with Gasteiger partial charge in [-0.2, -0.15) is 19.6 Å². The van der Waals surface area contributed by atoms with E-state index in [9.17, 15) is 9.18 Å². The number of amides is 1. The molecule has 2 aliphatic heterocycles. The number of fused-ring (bicyclic) bond motifs is 1. The summed E-state index contributed by atoms with van der Waals surface area (Å²) in [5, 5.41) is 10.6. The molecule has 1 amide bonds. The Morgan fingerprint density at radius 1 is 1.26 bits per heavy atom. The van der Waals surface area contributed by atoms with Crippen molar-refractivity contribution >= 4 is 29.5 Å². The van der Waals surface area contributed by atoms with Crippen molar-refractivity contribution in [2.24, 2.45) is 0 Å². The zero-order valence-electron chi connectivity index (χ0n) is 18.8. The molecular weight excluding hydrogens is 437 g/mol. The van der Waals surface area contributed by atoms with Crippen LogP contribution in [0.25, 0.3) is 11.7 Å². The molecule has 2 N–H and O–H groups in total. The highest BCUT2D eigenvalue weighted by atomic mass is 19.1. The van der Waals surface area contributed by atoms with Gasteiger partial charge in [0.05, 0.1) is 19.2 Å². The molecule has 0 saturated carbocycles. The van der Waals surface area contributed by atoms with Gasteiger partial charge in [-0.05, 0) is 42.2 Å². The van der Waals surface area contributed by atoms with Gasteiger partial charge < -0.3 is 20.3 Å². The van der Waals surface area contributed by atoms with E-state index < -0.39 is 0 Å². The number of nitrogens with one attached hydrogen (secondary N) is 2. The lowest BCUT2D eigenvalue weighted by Crippen LogP contribution is -2.28. The van der Waals surface area contributed by atoms with Crippen molar-refractivity contribution in [3.63, 3.8) is 0 Å². The molecule has 34 heavy (non-hydrogen) atoms. The zero-order chi connectivity index (χ0) is 23.5. The molecule has 0 bridgehead atoms. The molecule has 4 heterocycles. The Labute approximate surface area is 196 Å². The molecule has 2 aliphatic rings. The molecule has 0 aliphatic carbocycles. The van der Waals surface area contributed by atoms with Gasteiger partial charge >= 0.3 is 0 Å². The minimum absolute atomic E-state index is 0.0766. The van der Waals surface area contributed by atoms with Gasteiger partial charge in [0.25, 0.3) is 0 Å². The van der Waals surface area contributed by atoms with E-state index in [1.54, 1.807) is 16.8 Å². The molecule has 10 heteroatoms. The smallest absolute Gasteiger partial charge is 0.230 e. The molecule has 5 rings (SSSR count). The van der Waals surface area contributed by atoms with Gasteiger partial charge in [-0.25, -0.2) is 4.39 Å². The van der Waals surface area contributed by atoms with Gasteiger partial charge in [-0.15, -0.1) is 0 Å². The third-order valence-electron chi connectivity index (χ3n) is 5.83. The molecule has 9 nitrogen and oxygen atoms in total. The molecule has 0 radical (unpaired) electrons. The molecule has 1 aromatic carbocycles. The van der Waals surface area contributed by atoms with E-state index in [4.69, 9.17) is 14.7 Å². The van der Waals surface area contributed by atoms with Crippen molar-refractivity contribution in [2.45, 2.75) is 19.3 Å². The van der Waals surface area contributed by atoms with Gasteiger partial charge in [0.15, 0.2) is 5.65 Å². The monoisotopic (exact) mass is 463 g/mol. The Morgan fingerprint density at radius 2 is 2.18 bits per heavy atom. The van der Waals surface area contributed by atoms with Gasteiger partial charge in [-0.3, -0.25) is 4.79 Å². The minimum atomic E-state index is -0.251. The maximum Gasteiger partial charge on any atom is 0.230 e. The van der Waals surface area contributed by atoms with Crippen LogP contribution in [0.15, 0.2) is 48.3 Å². The van der Waals surface area contributed by atoms with E-state index in [1.807, 2.05) is 12.1 Å². The first kappa shape index (κ1) is 22.0. The Balaban J connectivity index is 1.48. The summed E-state index contributed by atoms with van der Waals surface area (Å²) in [4.78, 5) is 23.4. The van der Waals surface area contributed by atoms with E-state index in [-0.39, 0.29) is 18.1 Å². The maximum absolute atomic E-state index is 13.5. The number of rotatable bonds is 6. The average Bonchev–Trinajstić information content (AvgIpc) is 3.23.